The minimum Gasteiger partial charge on any atom is -0.529 e. The van der Waals surface area contributed by atoms with E-state index in [9.17, 15) is 19.8 Å². The number of hydrogen-bond donors (Lipinski definition) is 0. The molecule has 0 aromatic heterocycles. The molecule has 2 aliphatic rings. The van der Waals surface area contributed by atoms with E-state index in [4.69, 9.17) is 0 Å². The molecule has 121 valence electrons. The Labute approximate surface area is 165 Å². The van der Waals surface area contributed by atoms with Crippen LogP contribution in [0.5, 0.6) is 0 Å². The van der Waals surface area contributed by atoms with Gasteiger partial charge in [0.1, 0.15) is 0 Å². The van der Waals surface area contributed by atoms with Crippen molar-refractivity contribution in [3.8, 4) is 0 Å². The van der Waals surface area contributed by atoms with E-state index in [1.54, 1.807) is 0 Å². The molecule has 2 aliphatic heterocycles. The number of hydrogen-bond acceptors (Lipinski definition) is 12. The molecular formula is C6H8MnN2O4S8. The third kappa shape index (κ3) is 11.1. The van der Waals surface area contributed by atoms with Crippen molar-refractivity contribution in [2.24, 2.45) is 0 Å². The van der Waals surface area contributed by atoms with Gasteiger partial charge in [-0.1, -0.05) is 43.2 Å². The number of rotatable bonds is 0. The van der Waals surface area contributed by atoms with Gasteiger partial charge in [0.05, 0.1) is 0 Å². The number of carboxylic acid groups (broad SMARTS) is 2. The van der Waals surface area contributed by atoms with Crippen LogP contribution in [-0.4, -0.2) is 42.6 Å². The zero-order chi connectivity index (χ0) is 14.8. The first-order valence-corrected chi connectivity index (χ1v) is 13.9. The predicted octanol–water partition coefficient (Wildman–Crippen LogP) is 2.47. The van der Waals surface area contributed by atoms with Gasteiger partial charge in [-0.3, -0.25) is 0 Å². The fourth-order valence-corrected chi connectivity index (χ4v) is 11.4. The molecule has 0 unspecified atom stereocenters. The quantitative estimate of drug-likeness (QED) is 0.288. The Balaban J connectivity index is 0.000000364. The van der Waals surface area contributed by atoms with Gasteiger partial charge in [-0.25, -0.2) is 7.42 Å². The van der Waals surface area contributed by atoms with E-state index in [-0.39, 0.29) is 17.1 Å². The third-order valence-corrected chi connectivity index (χ3v) is 11.9. The Bertz CT molecular complexity index is 283. The molecule has 2 amide bonds. The molecule has 15 heteroatoms. The Morgan fingerprint density at radius 2 is 0.905 bits per heavy atom. The van der Waals surface area contributed by atoms with E-state index >= 15 is 0 Å². The van der Waals surface area contributed by atoms with E-state index in [0.717, 1.165) is 30.4 Å². The van der Waals surface area contributed by atoms with Crippen LogP contribution in [0.15, 0.2) is 0 Å². The minimum absolute atomic E-state index is 0. The molecule has 2 rings (SSSR count). The molecule has 1 radical (unpaired) electrons. The average molecular weight is 484 g/mol. The smallest absolute Gasteiger partial charge is 0.529 e. The summed E-state index contributed by atoms with van der Waals surface area (Å²) in [5.74, 6) is 3.91. The van der Waals surface area contributed by atoms with Crippen molar-refractivity contribution in [1.82, 2.24) is 7.42 Å². The van der Waals surface area contributed by atoms with Crippen molar-refractivity contribution in [3.63, 3.8) is 0 Å². The first-order chi connectivity index (χ1) is 9.61. The van der Waals surface area contributed by atoms with Crippen LogP contribution in [0.2, 0.25) is 0 Å². The first-order valence-electron chi connectivity index (χ1n) is 4.82. The van der Waals surface area contributed by atoms with Gasteiger partial charge in [0, 0.05) is 66.9 Å². The van der Waals surface area contributed by atoms with E-state index in [1.807, 2.05) is 0 Å². The Morgan fingerprint density at radius 1 is 0.667 bits per heavy atom. The zero-order valence-corrected chi connectivity index (χ0v) is 17.7. The van der Waals surface area contributed by atoms with Crippen LogP contribution in [0.4, 0.5) is 9.59 Å². The molecule has 0 aliphatic carbocycles. The van der Waals surface area contributed by atoms with Gasteiger partial charge in [0.2, 0.25) is 0 Å². The standard InChI is InChI=1S/2C3H5NO2S4.Mn/c2*5-3(6)4-9-7-1-2-8-10-4;/h2*1-2H2,(H,5,6);/q;;+2/p-2. The maximum absolute atomic E-state index is 10.3. The Hall–Kier alpha value is 1.86. The second-order valence-electron chi connectivity index (χ2n) is 2.63. The minimum atomic E-state index is -1.13. The SMILES string of the molecule is O=C([O-])N1SSCCSS1.O=C([O-])N1SSCCSS1.[Mn+2]. The maximum Gasteiger partial charge on any atom is 2.00 e. The molecule has 2 fully saturated rings. The molecule has 6 nitrogen and oxygen atoms in total. The van der Waals surface area contributed by atoms with E-state index in [0.29, 0.717) is 0 Å². The second kappa shape index (κ2) is 14.2. The average Bonchev–Trinajstić information content (AvgIpc) is 2.84. The molecule has 0 aromatic carbocycles. The summed E-state index contributed by atoms with van der Waals surface area (Å²) in [5.41, 5.74) is 0. The van der Waals surface area contributed by atoms with Gasteiger partial charge in [-0.15, -0.1) is 0 Å². The number of amides is 2. The third-order valence-electron chi connectivity index (χ3n) is 1.28. The van der Waals surface area contributed by atoms with E-state index < -0.39 is 12.2 Å². The van der Waals surface area contributed by atoms with E-state index in [2.05, 4.69) is 0 Å². The van der Waals surface area contributed by atoms with Crippen molar-refractivity contribution in [2.45, 2.75) is 0 Å². The fourth-order valence-electron chi connectivity index (χ4n) is 0.623. The summed E-state index contributed by atoms with van der Waals surface area (Å²) in [6, 6.07) is 0. The monoisotopic (exact) mass is 483 g/mol. The normalized spacial score (nSPS) is 19.2. The van der Waals surface area contributed by atoms with Crippen LogP contribution < -0.4 is 10.2 Å². The summed E-state index contributed by atoms with van der Waals surface area (Å²) in [6.45, 7) is 0. The van der Waals surface area contributed by atoms with Crippen molar-refractivity contribution in [2.75, 3.05) is 23.0 Å². The molecule has 2 saturated heterocycles. The van der Waals surface area contributed by atoms with Crippen molar-refractivity contribution < 1.29 is 36.9 Å². The van der Waals surface area contributed by atoms with Crippen LogP contribution in [-0.2, 0) is 17.1 Å². The summed E-state index contributed by atoms with van der Waals surface area (Å²) < 4.78 is 2.31. The summed E-state index contributed by atoms with van der Waals surface area (Å²) in [7, 11) is 11.0. The van der Waals surface area contributed by atoms with Crippen LogP contribution in [0.25, 0.3) is 0 Å². The number of carbonyl (C=O) groups is 2. The fraction of sp³-hybridized carbons (Fsp3) is 0.667. The number of carbonyl (C=O) groups excluding carboxylic acids is 2. The van der Waals surface area contributed by atoms with Crippen molar-refractivity contribution >= 4 is 99.3 Å². The first kappa shape index (κ1) is 22.9. The molecule has 21 heavy (non-hydrogen) atoms. The topological polar surface area (TPSA) is 86.7 Å². The maximum atomic E-state index is 10.3. The molecule has 0 bridgehead atoms. The molecular weight excluding hydrogens is 476 g/mol. The van der Waals surface area contributed by atoms with Crippen molar-refractivity contribution in [3.05, 3.63) is 0 Å². The van der Waals surface area contributed by atoms with Crippen molar-refractivity contribution in [1.29, 1.82) is 0 Å². The van der Waals surface area contributed by atoms with Crippen LogP contribution >= 0.6 is 87.1 Å². The summed E-state index contributed by atoms with van der Waals surface area (Å²) in [5, 5.41) is 20.5. The van der Waals surface area contributed by atoms with E-state index in [1.165, 1.54) is 87.1 Å². The zero-order valence-electron chi connectivity index (χ0n) is 10.00. The van der Waals surface area contributed by atoms with Gasteiger partial charge in [-0.2, -0.15) is 0 Å². The van der Waals surface area contributed by atoms with Gasteiger partial charge in [0.15, 0.2) is 12.2 Å². The molecule has 2 heterocycles. The Kier molecular flexibility index (Phi) is 15.5. The largest absolute Gasteiger partial charge is 2.00 e. The van der Waals surface area contributed by atoms with Crippen LogP contribution in [0.3, 0.4) is 0 Å². The van der Waals surface area contributed by atoms with Gasteiger partial charge >= 0.3 is 17.1 Å². The predicted molar refractivity (Wildman–Crippen MR) is 94.7 cm³/mol. The number of nitrogens with zero attached hydrogens (tertiary/aromatic N) is 2. The molecule has 0 N–H and O–H groups in total. The summed E-state index contributed by atoms with van der Waals surface area (Å²) >= 11 is 0. The molecule has 0 atom stereocenters. The molecule has 0 aromatic rings. The Morgan fingerprint density at radius 3 is 1.10 bits per heavy atom. The van der Waals surface area contributed by atoms with Gasteiger partial charge in [0.25, 0.3) is 0 Å². The summed E-state index contributed by atoms with van der Waals surface area (Å²) in [6.07, 6.45) is -2.26. The van der Waals surface area contributed by atoms with Crippen LogP contribution in [0, 0.1) is 0 Å². The van der Waals surface area contributed by atoms with Gasteiger partial charge in [-0.05, 0) is 0 Å². The summed E-state index contributed by atoms with van der Waals surface area (Å²) in [4.78, 5) is 20.5. The molecule has 0 saturated carbocycles. The van der Waals surface area contributed by atoms with Gasteiger partial charge < -0.3 is 19.8 Å². The molecule has 0 spiro atoms. The van der Waals surface area contributed by atoms with Crippen LogP contribution in [0.1, 0.15) is 0 Å². The second-order valence-corrected chi connectivity index (χ2v) is 12.3.